The van der Waals surface area contributed by atoms with Gasteiger partial charge in [0.15, 0.2) is 5.60 Å². The molecule has 2 aromatic rings. The third-order valence-electron chi connectivity index (χ3n) is 4.45. The van der Waals surface area contributed by atoms with Crippen molar-refractivity contribution in [3.63, 3.8) is 0 Å². The highest BCUT2D eigenvalue weighted by molar-refractivity contribution is 7.85. The first-order chi connectivity index (χ1) is 13.2. The molecule has 0 aliphatic carbocycles. The molecular weight excluding hydrogens is 425 g/mol. The summed E-state index contributed by atoms with van der Waals surface area (Å²) in [6.45, 7) is 0.465. The van der Waals surface area contributed by atoms with Gasteiger partial charge in [-0.1, -0.05) is 59.6 Å². The number of halogens is 2. The molecule has 1 unspecified atom stereocenters. The molecule has 1 aliphatic rings. The monoisotopic (exact) mass is 443 g/mol. The first-order valence-electron chi connectivity index (χ1n) is 8.50. The molecule has 1 saturated heterocycles. The third kappa shape index (κ3) is 4.97. The molecule has 1 amide bonds. The van der Waals surface area contributed by atoms with Crippen LogP contribution >= 0.6 is 23.2 Å². The fourth-order valence-electron chi connectivity index (χ4n) is 3.12. The van der Waals surface area contributed by atoms with Gasteiger partial charge in [-0.2, -0.15) is 8.42 Å². The fourth-order valence-corrected chi connectivity index (χ4v) is 3.81. The molecule has 0 N–H and O–H groups in total. The molecule has 0 aromatic heterocycles. The van der Waals surface area contributed by atoms with Crippen molar-refractivity contribution >= 4 is 39.4 Å². The standard InChI is InChI=1S/C19H19Cl2NO5S/c1-28(24,25)26-10-9-19(15-7-8-16(20)17(21)11-15)13-22(18(23)27-19)12-14-5-3-2-4-6-14/h2-8,11H,9-10,12-13H2,1H3. The van der Waals surface area contributed by atoms with Crippen molar-refractivity contribution < 1.29 is 22.1 Å². The van der Waals surface area contributed by atoms with E-state index in [-0.39, 0.29) is 19.6 Å². The summed E-state index contributed by atoms with van der Waals surface area (Å²) >= 11 is 12.2. The van der Waals surface area contributed by atoms with Crippen molar-refractivity contribution in [1.82, 2.24) is 4.90 Å². The molecule has 0 spiro atoms. The minimum Gasteiger partial charge on any atom is -0.436 e. The summed E-state index contributed by atoms with van der Waals surface area (Å²) in [6.07, 6.45) is 0.630. The highest BCUT2D eigenvalue weighted by Crippen LogP contribution is 2.39. The Morgan fingerprint density at radius 2 is 1.86 bits per heavy atom. The van der Waals surface area contributed by atoms with E-state index in [1.165, 1.54) is 0 Å². The quantitative estimate of drug-likeness (QED) is 0.599. The van der Waals surface area contributed by atoms with Gasteiger partial charge in [0.25, 0.3) is 10.1 Å². The number of ether oxygens (including phenoxy) is 1. The van der Waals surface area contributed by atoms with E-state index in [0.29, 0.717) is 22.2 Å². The summed E-state index contributed by atoms with van der Waals surface area (Å²) in [6, 6.07) is 14.5. The van der Waals surface area contributed by atoms with E-state index in [2.05, 4.69) is 0 Å². The Kier molecular flexibility index (Phi) is 6.19. The maximum atomic E-state index is 12.6. The molecule has 3 rings (SSSR count). The maximum absolute atomic E-state index is 12.6. The summed E-state index contributed by atoms with van der Waals surface area (Å²) < 4.78 is 33.3. The third-order valence-corrected chi connectivity index (χ3v) is 5.79. The summed E-state index contributed by atoms with van der Waals surface area (Å²) in [4.78, 5) is 14.1. The molecule has 1 heterocycles. The zero-order chi connectivity index (χ0) is 20.4. The average Bonchev–Trinajstić information content (AvgIpc) is 2.94. The van der Waals surface area contributed by atoms with E-state index >= 15 is 0 Å². The fraction of sp³-hybridized carbons (Fsp3) is 0.316. The van der Waals surface area contributed by atoms with Crippen LogP contribution in [0.2, 0.25) is 10.0 Å². The van der Waals surface area contributed by atoms with E-state index in [1.54, 1.807) is 23.1 Å². The lowest BCUT2D eigenvalue weighted by Crippen LogP contribution is -2.33. The van der Waals surface area contributed by atoms with Crippen LogP contribution in [-0.4, -0.2) is 38.8 Å². The molecule has 9 heteroatoms. The van der Waals surface area contributed by atoms with Crippen molar-refractivity contribution in [2.24, 2.45) is 0 Å². The van der Waals surface area contributed by atoms with Crippen molar-refractivity contribution in [1.29, 1.82) is 0 Å². The molecule has 1 atom stereocenters. The van der Waals surface area contributed by atoms with Gasteiger partial charge in [0.2, 0.25) is 0 Å². The van der Waals surface area contributed by atoms with Crippen LogP contribution in [-0.2, 0) is 31.2 Å². The van der Waals surface area contributed by atoms with Crippen molar-refractivity contribution in [2.45, 2.75) is 18.6 Å². The number of nitrogens with zero attached hydrogens (tertiary/aromatic N) is 1. The topological polar surface area (TPSA) is 72.9 Å². The van der Waals surface area contributed by atoms with Crippen LogP contribution in [0.15, 0.2) is 48.5 Å². The normalized spacial score (nSPS) is 19.7. The van der Waals surface area contributed by atoms with E-state index in [0.717, 1.165) is 11.8 Å². The Balaban J connectivity index is 1.88. The molecule has 0 bridgehead atoms. The second-order valence-electron chi connectivity index (χ2n) is 6.61. The summed E-state index contributed by atoms with van der Waals surface area (Å²) in [5, 5.41) is 0.693. The zero-order valence-corrected chi connectivity index (χ0v) is 17.4. The second kappa shape index (κ2) is 8.29. The number of amides is 1. The van der Waals surface area contributed by atoms with Gasteiger partial charge in [0, 0.05) is 13.0 Å². The van der Waals surface area contributed by atoms with Gasteiger partial charge in [0.05, 0.1) is 29.5 Å². The van der Waals surface area contributed by atoms with Gasteiger partial charge in [-0.25, -0.2) is 4.79 Å². The highest BCUT2D eigenvalue weighted by atomic mass is 35.5. The average molecular weight is 444 g/mol. The first kappa shape index (κ1) is 20.9. The van der Waals surface area contributed by atoms with Gasteiger partial charge >= 0.3 is 6.09 Å². The van der Waals surface area contributed by atoms with E-state index in [1.807, 2.05) is 30.3 Å². The molecule has 150 valence electrons. The Hall–Kier alpha value is -1.80. The van der Waals surface area contributed by atoms with Crippen molar-refractivity contribution in [3.05, 3.63) is 69.7 Å². The van der Waals surface area contributed by atoms with Crippen LogP contribution in [0.5, 0.6) is 0 Å². The predicted octanol–water partition coefficient (Wildman–Crippen LogP) is 4.21. The summed E-state index contributed by atoms with van der Waals surface area (Å²) in [5.41, 5.74) is 0.491. The summed E-state index contributed by atoms with van der Waals surface area (Å²) in [5.74, 6) is 0. The summed E-state index contributed by atoms with van der Waals surface area (Å²) in [7, 11) is -3.62. The lowest BCUT2D eigenvalue weighted by molar-refractivity contribution is 0.0362. The minimum absolute atomic E-state index is 0.133. The van der Waals surface area contributed by atoms with Gasteiger partial charge in [-0.3, -0.25) is 9.08 Å². The van der Waals surface area contributed by atoms with Crippen LogP contribution in [0.25, 0.3) is 0 Å². The molecule has 2 aromatic carbocycles. The SMILES string of the molecule is CS(=O)(=O)OCCC1(c2ccc(Cl)c(Cl)c2)CN(Cc2ccccc2)C(=O)O1. The van der Waals surface area contributed by atoms with E-state index in [4.69, 9.17) is 32.1 Å². The Bertz CT molecular complexity index is 968. The number of rotatable bonds is 7. The molecular formula is C19H19Cl2NO5S. The van der Waals surface area contributed by atoms with Crippen LogP contribution < -0.4 is 0 Å². The Morgan fingerprint density at radius 3 is 2.50 bits per heavy atom. The van der Waals surface area contributed by atoms with Gasteiger partial charge in [-0.05, 0) is 23.3 Å². The zero-order valence-electron chi connectivity index (χ0n) is 15.1. The first-order valence-corrected chi connectivity index (χ1v) is 11.1. The minimum atomic E-state index is -3.62. The van der Waals surface area contributed by atoms with Crippen molar-refractivity contribution in [2.75, 3.05) is 19.4 Å². The largest absolute Gasteiger partial charge is 0.436 e. The number of hydrogen-bond donors (Lipinski definition) is 0. The highest BCUT2D eigenvalue weighted by Gasteiger charge is 2.46. The van der Waals surface area contributed by atoms with E-state index in [9.17, 15) is 13.2 Å². The smallest absolute Gasteiger partial charge is 0.411 e. The molecule has 28 heavy (non-hydrogen) atoms. The lowest BCUT2D eigenvalue weighted by atomic mass is 9.90. The Labute approximate surface area is 174 Å². The van der Waals surface area contributed by atoms with Crippen LogP contribution in [0.1, 0.15) is 17.5 Å². The number of hydrogen-bond acceptors (Lipinski definition) is 5. The van der Waals surface area contributed by atoms with Crippen molar-refractivity contribution in [3.8, 4) is 0 Å². The molecule has 1 aliphatic heterocycles. The lowest BCUT2D eigenvalue weighted by Gasteiger charge is -2.27. The molecule has 1 fully saturated rings. The van der Waals surface area contributed by atoms with Crippen LogP contribution in [0.4, 0.5) is 4.79 Å². The van der Waals surface area contributed by atoms with E-state index < -0.39 is 21.8 Å². The Morgan fingerprint density at radius 1 is 1.14 bits per heavy atom. The predicted molar refractivity (Wildman–Crippen MR) is 107 cm³/mol. The maximum Gasteiger partial charge on any atom is 0.411 e. The van der Waals surface area contributed by atoms with Crippen LogP contribution in [0.3, 0.4) is 0 Å². The van der Waals surface area contributed by atoms with Crippen LogP contribution in [0, 0.1) is 0 Å². The van der Waals surface area contributed by atoms with Gasteiger partial charge < -0.3 is 4.74 Å². The molecule has 0 radical (unpaired) electrons. The van der Waals surface area contributed by atoms with Gasteiger partial charge in [0.1, 0.15) is 0 Å². The number of cyclic esters (lactones) is 1. The molecule has 6 nitrogen and oxygen atoms in total. The number of carbonyl (C=O) groups excluding carboxylic acids is 1. The molecule has 0 saturated carbocycles. The van der Waals surface area contributed by atoms with Gasteiger partial charge in [-0.15, -0.1) is 0 Å². The number of benzene rings is 2. The number of carbonyl (C=O) groups is 1. The second-order valence-corrected chi connectivity index (χ2v) is 9.07.